The number of halogens is 2. The van der Waals surface area contributed by atoms with Crippen LogP contribution in [0.1, 0.15) is 10.4 Å². The van der Waals surface area contributed by atoms with E-state index in [0.29, 0.717) is 20.9 Å². The molecule has 2 N–H and O–H groups in total. The number of amides is 1. The smallest absolute Gasteiger partial charge is 0.257 e. The van der Waals surface area contributed by atoms with Gasteiger partial charge in [-0.1, -0.05) is 23.7 Å². The molecule has 1 heterocycles. The van der Waals surface area contributed by atoms with E-state index in [0.717, 1.165) is 5.69 Å². The first-order chi connectivity index (χ1) is 9.11. The fourth-order valence-electron chi connectivity index (χ4n) is 1.59. The van der Waals surface area contributed by atoms with E-state index in [1.54, 1.807) is 19.2 Å². The molecule has 1 amide bonds. The van der Waals surface area contributed by atoms with Gasteiger partial charge in [0, 0.05) is 12.7 Å². The fourth-order valence-corrected chi connectivity index (χ4v) is 2.04. The monoisotopic (exact) mass is 339 g/mol. The first kappa shape index (κ1) is 13.8. The van der Waals surface area contributed by atoms with Gasteiger partial charge >= 0.3 is 0 Å². The van der Waals surface area contributed by atoms with Gasteiger partial charge in [0.2, 0.25) is 0 Å². The zero-order valence-corrected chi connectivity index (χ0v) is 12.4. The van der Waals surface area contributed by atoms with Gasteiger partial charge < -0.3 is 10.6 Å². The predicted octanol–water partition coefficient (Wildman–Crippen LogP) is 3.79. The van der Waals surface area contributed by atoms with Crippen LogP contribution in [0.15, 0.2) is 41.0 Å². The minimum Gasteiger partial charge on any atom is -0.387 e. The van der Waals surface area contributed by atoms with E-state index in [1.807, 2.05) is 18.2 Å². The highest BCUT2D eigenvalue weighted by atomic mass is 79.9. The summed E-state index contributed by atoms with van der Waals surface area (Å²) in [6.07, 6.45) is 1.51. The topological polar surface area (TPSA) is 54.0 Å². The fraction of sp³-hybridized carbons (Fsp3) is 0.0769. The van der Waals surface area contributed by atoms with Gasteiger partial charge in [-0.05, 0) is 34.1 Å². The largest absolute Gasteiger partial charge is 0.387 e. The molecular weight excluding hydrogens is 330 g/mol. The summed E-state index contributed by atoms with van der Waals surface area (Å²) in [7, 11) is 1.77. The summed E-state index contributed by atoms with van der Waals surface area (Å²) in [4.78, 5) is 16.1. The van der Waals surface area contributed by atoms with Crippen molar-refractivity contribution in [2.45, 2.75) is 0 Å². The van der Waals surface area contributed by atoms with E-state index >= 15 is 0 Å². The van der Waals surface area contributed by atoms with E-state index in [2.05, 4.69) is 31.5 Å². The highest BCUT2D eigenvalue weighted by molar-refractivity contribution is 9.10. The Morgan fingerprint density at radius 2 is 2.11 bits per heavy atom. The molecule has 0 spiro atoms. The number of para-hydroxylation sites is 1. The van der Waals surface area contributed by atoms with Crippen molar-refractivity contribution in [2.75, 3.05) is 17.7 Å². The highest BCUT2D eigenvalue weighted by Crippen LogP contribution is 2.23. The SMILES string of the molecule is CNc1ccccc1C(=O)Nc1cnc(Cl)c(Br)c1. The van der Waals surface area contributed by atoms with Crippen LogP contribution >= 0.6 is 27.5 Å². The summed E-state index contributed by atoms with van der Waals surface area (Å²) in [6.45, 7) is 0. The second-order valence-electron chi connectivity index (χ2n) is 3.75. The lowest BCUT2D eigenvalue weighted by atomic mass is 10.1. The number of aromatic nitrogens is 1. The quantitative estimate of drug-likeness (QED) is 0.836. The van der Waals surface area contributed by atoms with Crippen LogP contribution in [0.3, 0.4) is 0 Å². The molecule has 1 aromatic carbocycles. The van der Waals surface area contributed by atoms with Crippen LogP contribution < -0.4 is 10.6 Å². The first-order valence-corrected chi connectivity index (χ1v) is 6.68. The Bertz CT molecular complexity index is 619. The third-order valence-corrected chi connectivity index (χ3v) is 3.63. The van der Waals surface area contributed by atoms with E-state index in [-0.39, 0.29) is 5.91 Å². The number of benzene rings is 1. The molecule has 2 rings (SSSR count). The van der Waals surface area contributed by atoms with Crippen LogP contribution in [-0.2, 0) is 0 Å². The van der Waals surface area contributed by atoms with Gasteiger partial charge in [-0.2, -0.15) is 0 Å². The summed E-state index contributed by atoms with van der Waals surface area (Å²) in [6, 6.07) is 8.97. The number of hydrogen-bond acceptors (Lipinski definition) is 3. The van der Waals surface area contributed by atoms with Gasteiger partial charge in [-0.3, -0.25) is 4.79 Å². The molecule has 0 aliphatic carbocycles. The molecule has 0 saturated heterocycles. The van der Waals surface area contributed by atoms with Gasteiger partial charge in [0.1, 0.15) is 5.15 Å². The number of hydrogen-bond donors (Lipinski definition) is 2. The lowest BCUT2D eigenvalue weighted by Crippen LogP contribution is -2.14. The molecule has 0 aliphatic heterocycles. The minimum absolute atomic E-state index is 0.207. The van der Waals surface area contributed by atoms with Crippen LogP contribution in [0.25, 0.3) is 0 Å². The molecule has 98 valence electrons. The average Bonchev–Trinajstić information content (AvgIpc) is 2.43. The van der Waals surface area contributed by atoms with Crippen molar-refractivity contribution in [3.05, 3.63) is 51.7 Å². The second kappa shape index (κ2) is 6.04. The van der Waals surface area contributed by atoms with Crippen LogP contribution in [0.5, 0.6) is 0 Å². The molecular formula is C13H11BrClN3O. The number of nitrogens with one attached hydrogen (secondary N) is 2. The maximum atomic E-state index is 12.2. The summed E-state index contributed by atoms with van der Waals surface area (Å²) in [5.74, 6) is -0.207. The Morgan fingerprint density at radius 1 is 1.37 bits per heavy atom. The maximum absolute atomic E-state index is 12.2. The maximum Gasteiger partial charge on any atom is 0.257 e. The lowest BCUT2D eigenvalue weighted by Gasteiger charge is -2.09. The van der Waals surface area contributed by atoms with Crippen molar-refractivity contribution in [1.82, 2.24) is 4.98 Å². The van der Waals surface area contributed by atoms with Gasteiger partial charge in [-0.15, -0.1) is 0 Å². The Labute approximate surface area is 124 Å². The summed E-state index contributed by atoms with van der Waals surface area (Å²) < 4.78 is 0.633. The molecule has 0 aliphatic rings. The molecule has 4 nitrogen and oxygen atoms in total. The third-order valence-electron chi connectivity index (χ3n) is 2.50. The van der Waals surface area contributed by atoms with E-state index in [9.17, 15) is 4.79 Å². The van der Waals surface area contributed by atoms with Crippen molar-refractivity contribution < 1.29 is 4.79 Å². The zero-order valence-electron chi connectivity index (χ0n) is 10.1. The molecule has 0 bridgehead atoms. The molecule has 6 heteroatoms. The van der Waals surface area contributed by atoms with Crippen molar-refractivity contribution in [2.24, 2.45) is 0 Å². The summed E-state index contributed by atoms with van der Waals surface area (Å²) in [5.41, 5.74) is 1.91. The summed E-state index contributed by atoms with van der Waals surface area (Å²) >= 11 is 9.06. The Morgan fingerprint density at radius 3 is 2.79 bits per heavy atom. The number of carbonyl (C=O) groups excluding carboxylic acids is 1. The zero-order chi connectivity index (χ0) is 13.8. The van der Waals surface area contributed by atoms with Crippen LogP contribution in [0, 0.1) is 0 Å². The normalized spacial score (nSPS) is 10.1. The van der Waals surface area contributed by atoms with Crippen molar-refractivity contribution in [3.8, 4) is 0 Å². The van der Waals surface area contributed by atoms with E-state index in [1.165, 1.54) is 6.20 Å². The first-order valence-electron chi connectivity index (χ1n) is 5.51. The van der Waals surface area contributed by atoms with Gasteiger partial charge in [-0.25, -0.2) is 4.98 Å². The molecule has 0 saturated carbocycles. The van der Waals surface area contributed by atoms with Gasteiger partial charge in [0.15, 0.2) is 0 Å². The van der Waals surface area contributed by atoms with Crippen LogP contribution in [-0.4, -0.2) is 17.9 Å². The van der Waals surface area contributed by atoms with Gasteiger partial charge in [0.25, 0.3) is 5.91 Å². The predicted molar refractivity (Wildman–Crippen MR) is 80.9 cm³/mol. The Hall–Kier alpha value is -1.59. The highest BCUT2D eigenvalue weighted by Gasteiger charge is 2.11. The van der Waals surface area contributed by atoms with E-state index < -0.39 is 0 Å². The van der Waals surface area contributed by atoms with Crippen LogP contribution in [0.4, 0.5) is 11.4 Å². The standard InChI is InChI=1S/C13H11BrClN3O/c1-16-11-5-3-2-4-9(11)13(19)18-8-6-10(14)12(15)17-7-8/h2-7,16H,1H3,(H,18,19). The molecule has 0 radical (unpaired) electrons. The number of nitrogens with zero attached hydrogens (tertiary/aromatic N) is 1. The minimum atomic E-state index is -0.207. The van der Waals surface area contributed by atoms with Crippen molar-refractivity contribution in [1.29, 1.82) is 0 Å². The molecule has 0 unspecified atom stereocenters. The van der Waals surface area contributed by atoms with Crippen LogP contribution in [0.2, 0.25) is 5.15 Å². The Balaban J connectivity index is 2.23. The second-order valence-corrected chi connectivity index (χ2v) is 4.96. The number of anilines is 2. The lowest BCUT2D eigenvalue weighted by molar-refractivity contribution is 0.102. The molecule has 0 atom stereocenters. The number of rotatable bonds is 3. The van der Waals surface area contributed by atoms with Crippen molar-refractivity contribution in [3.63, 3.8) is 0 Å². The van der Waals surface area contributed by atoms with Crippen molar-refractivity contribution >= 4 is 44.8 Å². The van der Waals surface area contributed by atoms with Gasteiger partial charge in [0.05, 0.1) is 21.9 Å². The molecule has 0 fully saturated rings. The molecule has 2 aromatic rings. The number of carbonyl (C=O) groups is 1. The Kier molecular flexibility index (Phi) is 4.39. The molecule has 1 aromatic heterocycles. The van der Waals surface area contributed by atoms with E-state index in [4.69, 9.17) is 11.6 Å². The third kappa shape index (κ3) is 3.24. The average molecular weight is 341 g/mol. The number of pyridine rings is 1. The summed E-state index contributed by atoms with van der Waals surface area (Å²) in [5, 5.41) is 6.10. The molecule has 19 heavy (non-hydrogen) atoms.